The summed E-state index contributed by atoms with van der Waals surface area (Å²) in [5.74, 6) is 0.585. The number of halogens is 1. The van der Waals surface area contributed by atoms with Crippen LogP contribution < -0.4 is 15.6 Å². The molecule has 1 fully saturated rings. The van der Waals surface area contributed by atoms with Crippen molar-refractivity contribution >= 4 is 0 Å². The van der Waals surface area contributed by atoms with Crippen molar-refractivity contribution in [3.8, 4) is 11.8 Å². The minimum Gasteiger partial charge on any atom is -0.490 e. The first-order chi connectivity index (χ1) is 12.2. The summed E-state index contributed by atoms with van der Waals surface area (Å²) < 4.78 is 19.5. The molecule has 1 aliphatic rings. The minimum absolute atomic E-state index is 0.0111. The predicted octanol–water partition coefficient (Wildman–Crippen LogP) is 3.84. The Labute approximate surface area is 147 Å². The standard InChI is InChI=1S/C20H22FN3O/c1-14(24-23-12-17-4-2-3-16(9-17)11-22)18-7-8-19(21)20(10-18)25-13-15-5-6-15/h2-4,7-10,14-15,23-24H,5-6,12-13H2,1H3. The number of nitrogens with one attached hydrogen (secondary N) is 2. The molecule has 0 amide bonds. The molecule has 0 bridgehead atoms. The lowest BCUT2D eigenvalue weighted by molar-refractivity contribution is 0.284. The number of hydrogen-bond acceptors (Lipinski definition) is 4. The fourth-order valence-electron chi connectivity index (χ4n) is 2.53. The summed E-state index contributed by atoms with van der Waals surface area (Å²) in [6.45, 7) is 3.18. The van der Waals surface area contributed by atoms with Gasteiger partial charge in [-0.2, -0.15) is 5.26 Å². The zero-order valence-corrected chi connectivity index (χ0v) is 14.3. The Morgan fingerprint density at radius 3 is 2.88 bits per heavy atom. The second-order valence-corrected chi connectivity index (χ2v) is 6.48. The second kappa shape index (κ2) is 8.11. The molecule has 2 N–H and O–H groups in total. The van der Waals surface area contributed by atoms with Gasteiger partial charge in [0.25, 0.3) is 0 Å². The van der Waals surface area contributed by atoms with Crippen molar-refractivity contribution in [3.63, 3.8) is 0 Å². The van der Waals surface area contributed by atoms with E-state index < -0.39 is 0 Å². The number of hydrogen-bond donors (Lipinski definition) is 2. The van der Waals surface area contributed by atoms with Gasteiger partial charge in [-0.1, -0.05) is 18.2 Å². The van der Waals surface area contributed by atoms with Crippen molar-refractivity contribution in [2.75, 3.05) is 6.61 Å². The minimum atomic E-state index is -0.321. The molecule has 0 radical (unpaired) electrons. The molecule has 0 spiro atoms. The highest BCUT2D eigenvalue weighted by atomic mass is 19.1. The molecular formula is C20H22FN3O. The van der Waals surface area contributed by atoms with Crippen molar-refractivity contribution in [3.05, 3.63) is 65.0 Å². The average molecular weight is 339 g/mol. The Kier molecular flexibility index (Phi) is 5.64. The smallest absolute Gasteiger partial charge is 0.165 e. The van der Waals surface area contributed by atoms with E-state index in [9.17, 15) is 4.39 Å². The summed E-state index contributed by atoms with van der Waals surface area (Å²) in [6.07, 6.45) is 2.35. The van der Waals surface area contributed by atoms with E-state index in [1.807, 2.05) is 25.1 Å². The highest BCUT2D eigenvalue weighted by Crippen LogP contribution is 2.31. The van der Waals surface area contributed by atoms with Gasteiger partial charge in [-0.25, -0.2) is 4.39 Å². The van der Waals surface area contributed by atoms with E-state index in [0.29, 0.717) is 30.4 Å². The Morgan fingerprint density at radius 1 is 1.28 bits per heavy atom. The van der Waals surface area contributed by atoms with Gasteiger partial charge in [0.15, 0.2) is 11.6 Å². The molecule has 3 rings (SSSR count). The average Bonchev–Trinajstić information content (AvgIpc) is 3.45. The number of rotatable bonds is 8. The van der Waals surface area contributed by atoms with Gasteiger partial charge in [0.05, 0.1) is 18.2 Å². The molecule has 1 saturated carbocycles. The van der Waals surface area contributed by atoms with Crippen molar-refractivity contribution in [1.29, 1.82) is 5.26 Å². The van der Waals surface area contributed by atoms with E-state index >= 15 is 0 Å². The lowest BCUT2D eigenvalue weighted by Gasteiger charge is -2.17. The van der Waals surface area contributed by atoms with Crippen molar-refractivity contribution in [2.45, 2.75) is 32.4 Å². The molecule has 1 unspecified atom stereocenters. The fourth-order valence-corrected chi connectivity index (χ4v) is 2.53. The van der Waals surface area contributed by atoms with Crippen LogP contribution in [0.2, 0.25) is 0 Å². The number of hydrazine groups is 1. The summed E-state index contributed by atoms with van der Waals surface area (Å²) in [7, 11) is 0. The van der Waals surface area contributed by atoms with E-state index in [0.717, 1.165) is 11.1 Å². The lowest BCUT2D eigenvalue weighted by atomic mass is 10.1. The monoisotopic (exact) mass is 339 g/mol. The first-order valence-corrected chi connectivity index (χ1v) is 8.55. The normalized spacial score (nSPS) is 14.8. The predicted molar refractivity (Wildman–Crippen MR) is 94.2 cm³/mol. The molecule has 0 saturated heterocycles. The highest BCUT2D eigenvalue weighted by Gasteiger charge is 2.22. The lowest BCUT2D eigenvalue weighted by Crippen LogP contribution is -2.33. The van der Waals surface area contributed by atoms with Crippen LogP contribution in [-0.4, -0.2) is 6.61 Å². The third-order valence-corrected chi connectivity index (χ3v) is 4.29. The van der Waals surface area contributed by atoms with E-state index in [4.69, 9.17) is 10.00 Å². The molecule has 130 valence electrons. The number of nitriles is 1. The Bertz CT molecular complexity index is 768. The van der Waals surface area contributed by atoms with Crippen LogP contribution in [0.1, 0.15) is 42.5 Å². The Balaban J connectivity index is 1.54. The van der Waals surface area contributed by atoms with Crippen LogP contribution in [0.25, 0.3) is 0 Å². The SMILES string of the molecule is CC(NNCc1cccc(C#N)c1)c1ccc(F)c(OCC2CC2)c1. The van der Waals surface area contributed by atoms with E-state index in [2.05, 4.69) is 16.9 Å². The summed E-state index contributed by atoms with van der Waals surface area (Å²) in [5, 5.41) is 8.93. The third kappa shape index (κ3) is 5.02. The Hall–Kier alpha value is -2.42. The fraction of sp³-hybridized carbons (Fsp3) is 0.350. The largest absolute Gasteiger partial charge is 0.490 e. The summed E-state index contributed by atoms with van der Waals surface area (Å²) in [6, 6.07) is 14.5. The molecule has 1 atom stereocenters. The molecule has 2 aromatic rings. The van der Waals surface area contributed by atoms with Crippen molar-refractivity contribution < 1.29 is 9.13 Å². The van der Waals surface area contributed by atoms with Gasteiger partial charge < -0.3 is 4.74 Å². The topological polar surface area (TPSA) is 57.1 Å². The maximum Gasteiger partial charge on any atom is 0.165 e. The van der Waals surface area contributed by atoms with Crippen LogP contribution in [0.3, 0.4) is 0 Å². The number of ether oxygens (including phenoxy) is 1. The van der Waals surface area contributed by atoms with Gasteiger partial charge in [-0.3, -0.25) is 10.9 Å². The van der Waals surface area contributed by atoms with Gasteiger partial charge >= 0.3 is 0 Å². The highest BCUT2D eigenvalue weighted by molar-refractivity contribution is 5.33. The van der Waals surface area contributed by atoms with Gasteiger partial charge in [-0.15, -0.1) is 0 Å². The molecule has 0 heterocycles. The molecule has 4 nitrogen and oxygen atoms in total. The van der Waals surface area contributed by atoms with Gasteiger partial charge in [-0.05, 0) is 61.1 Å². The van der Waals surface area contributed by atoms with Crippen LogP contribution in [0, 0.1) is 23.1 Å². The van der Waals surface area contributed by atoms with E-state index in [-0.39, 0.29) is 11.9 Å². The zero-order chi connectivity index (χ0) is 17.6. The maximum atomic E-state index is 13.9. The maximum absolute atomic E-state index is 13.9. The molecule has 1 aliphatic carbocycles. The molecule has 0 aromatic heterocycles. The number of nitrogens with zero attached hydrogens (tertiary/aromatic N) is 1. The van der Waals surface area contributed by atoms with Crippen LogP contribution in [0.5, 0.6) is 5.75 Å². The summed E-state index contributed by atoms with van der Waals surface area (Å²) >= 11 is 0. The van der Waals surface area contributed by atoms with Crippen LogP contribution in [0.15, 0.2) is 42.5 Å². The van der Waals surface area contributed by atoms with Crippen molar-refractivity contribution in [1.82, 2.24) is 10.9 Å². The number of benzene rings is 2. The van der Waals surface area contributed by atoms with Crippen molar-refractivity contribution in [2.24, 2.45) is 5.92 Å². The molecule has 5 heteroatoms. The Morgan fingerprint density at radius 2 is 2.12 bits per heavy atom. The third-order valence-electron chi connectivity index (χ3n) is 4.29. The molecule has 25 heavy (non-hydrogen) atoms. The summed E-state index contributed by atoms with van der Waals surface area (Å²) in [5.41, 5.74) is 8.96. The van der Waals surface area contributed by atoms with Crippen LogP contribution in [0.4, 0.5) is 4.39 Å². The molecular weight excluding hydrogens is 317 g/mol. The first-order valence-electron chi connectivity index (χ1n) is 8.55. The zero-order valence-electron chi connectivity index (χ0n) is 14.3. The van der Waals surface area contributed by atoms with E-state index in [1.165, 1.54) is 18.9 Å². The molecule has 0 aliphatic heterocycles. The molecule has 2 aromatic carbocycles. The van der Waals surface area contributed by atoms with Gasteiger partial charge in [0, 0.05) is 12.6 Å². The van der Waals surface area contributed by atoms with Gasteiger partial charge in [0.1, 0.15) is 0 Å². The quantitative estimate of drug-likeness (QED) is 0.718. The second-order valence-electron chi connectivity index (χ2n) is 6.48. The van der Waals surface area contributed by atoms with E-state index in [1.54, 1.807) is 18.2 Å². The first kappa shape index (κ1) is 17.4. The van der Waals surface area contributed by atoms with Gasteiger partial charge in [0.2, 0.25) is 0 Å². The summed E-state index contributed by atoms with van der Waals surface area (Å²) in [4.78, 5) is 0. The van der Waals surface area contributed by atoms with Crippen LogP contribution >= 0.6 is 0 Å². The van der Waals surface area contributed by atoms with Crippen LogP contribution in [-0.2, 0) is 6.54 Å².